The molecule has 0 unspecified atom stereocenters. The van der Waals surface area contributed by atoms with Crippen molar-refractivity contribution in [1.82, 2.24) is 10.3 Å². The maximum atomic E-state index is 5.18. The van der Waals surface area contributed by atoms with Gasteiger partial charge in [0.1, 0.15) is 0 Å². The number of nitrogens with zero attached hydrogens (tertiary/aromatic N) is 1. The first-order valence-corrected chi connectivity index (χ1v) is 5.45. The van der Waals surface area contributed by atoms with Crippen LogP contribution in [0.15, 0.2) is 18.3 Å². The van der Waals surface area contributed by atoms with Crippen LogP contribution in [0.3, 0.4) is 0 Å². The minimum atomic E-state index is 0.842. The van der Waals surface area contributed by atoms with Crippen LogP contribution in [-0.4, -0.2) is 11.5 Å². The average molecular weight is 202 g/mol. The summed E-state index contributed by atoms with van der Waals surface area (Å²) in [4.78, 5) is 4.36. The van der Waals surface area contributed by atoms with E-state index in [1.165, 1.54) is 5.56 Å². The van der Waals surface area contributed by atoms with Gasteiger partial charge in [-0.2, -0.15) is 0 Å². The summed E-state index contributed by atoms with van der Waals surface area (Å²) < 4.78 is 0. The predicted molar refractivity (Wildman–Crippen MR) is 63.4 cm³/mol. The molecule has 0 aromatic carbocycles. The Morgan fingerprint density at radius 3 is 3.13 bits per heavy atom. The molecule has 15 heavy (non-hydrogen) atoms. The highest BCUT2D eigenvalue weighted by atomic mass is 14.9. The number of rotatable bonds is 6. The molecule has 0 aliphatic carbocycles. The van der Waals surface area contributed by atoms with Crippen molar-refractivity contribution in [2.24, 2.45) is 0 Å². The standard InChI is InChI=1S/C13H18N2/c1-3-5-6-9-14-11-13-12(4-2)8-7-10-15-13/h1,7-8,10,14H,4-6,9,11H2,2H3. The van der Waals surface area contributed by atoms with Crippen LogP contribution in [0.2, 0.25) is 0 Å². The maximum Gasteiger partial charge on any atom is 0.0573 e. The van der Waals surface area contributed by atoms with Crippen LogP contribution >= 0.6 is 0 Å². The normalized spacial score (nSPS) is 9.87. The van der Waals surface area contributed by atoms with Crippen molar-refractivity contribution in [2.45, 2.75) is 32.7 Å². The van der Waals surface area contributed by atoms with Crippen LogP contribution in [0.5, 0.6) is 0 Å². The number of aryl methyl sites for hydroxylation is 1. The highest BCUT2D eigenvalue weighted by Crippen LogP contribution is 2.05. The highest BCUT2D eigenvalue weighted by molar-refractivity contribution is 5.19. The van der Waals surface area contributed by atoms with Gasteiger partial charge in [-0.3, -0.25) is 4.98 Å². The van der Waals surface area contributed by atoms with Crippen molar-refractivity contribution >= 4 is 0 Å². The van der Waals surface area contributed by atoms with E-state index >= 15 is 0 Å². The number of pyridine rings is 1. The SMILES string of the molecule is C#CCCCNCc1ncccc1CC. The Morgan fingerprint density at radius 1 is 1.53 bits per heavy atom. The minimum absolute atomic E-state index is 0.842. The first-order valence-electron chi connectivity index (χ1n) is 5.45. The molecule has 1 aromatic rings. The van der Waals surface area contributed by atoms with E-state index in [1.807, 2.05) is 12.3 Å². The average Bonchev–Trinajstić information content (AvgIpc) is 2.29. The zero-order valence-corrected chi connectivity index (χ0v) is 9.29. The van der Waals surface area contributed by atoms with E-state index < -0.39 is 0 Å². The molecule has 0 aliphatic rings. The van der Waals surface area contributed by atoms with Crippen LogP contribution in [0.25, 0.3) is 0 Å². The summed E-state index contributed by atoms with van der Waals surface area (Å²) in [5.41, 5.74) is 2.47. The molecule has 0 saturated heterocycles. The molecule has 2 heteroatoms. The smallest absolute Gasteiger partial charge is 0.0573 e. The van der Waals surface area contributed by atoms with Gasteiger partial charge in [0.25, 0.3) is 0 Å². The summed E-state index contributed by atoms with van der Waals surface area (Å²) in [7, 11) is 0. The molecule has 0 aliphatic heterocycles. The van der Waals surface area contributed by atoms with Gasteiger partial charge in [-0.05, 0) is 31.0 Å². The maximum absolute atomic E-state index is 5.18. The first kappa shape index (κ1) is 11.7. The lowest BCUT2D eigenvalue weighted by atomic mass is 10.1. The lowest BCUT2D eigenvalue weighted by molar-refractivity contribution is 0.645. The topological polar surface area (TPSA) is 24.9 Å². The fourth-order valence-electron chi connectivity index (χ4n) is 1.47. The molecule has 0 radical (unpaired) electrons. The van der Waals surface area contributed by atoms with Crippen molar-refractivity contribution < 1.29 is 0 Å². The molecule has 0 spiro atoms. The van der Waals surface area contributed by atoms with Gasteiger partial charge >= 0.3 is 0 Å². The molecule has 1 heterocycles. The largest absolute Gasteiger partial charge is 0.311 e. The molecule has 0 saturated carbocycles. The molecular weight excluding hydrogens is 184 g/mol. The molecule has 0 fully saturated rings. The monoisotopic (exact) mass is 202 g/mol. The third-order valence-corrected chi connectivity index (χ3v) is 2.33. The van der Waals surface area contributed by atoms with E-state index in [9.17, 15) is 0 Å². The van der Waals surface area contributed by atoms with Gasteiger partial charge < -0.3 is 5.32 Å². The summed E-state index contributed by atoms with van der Waals surface area (Å²) in [6, 6.07) is 4.12. The molecular formula is C13H18N2. The summed E-state index contributed by atoms with van der Waals surface area (Å²) in [5.74, 6) is 2.63. The third-order valence-electron chi connectivity index (χ3n) is 2.33. The van der Waals surface area contributed by atoms with E-state index in [0.717, 1.165) is 38.0 Å². The number of aromatic nitrogens is 1. The van der Waals surface area contributed by atoms with Crippen molar-refractivity contribution in [3.05, 3.63) is 29.6 Å². The Labute approximate surface area is 92.1 Å². The highest BCUT2D eigenvalue weighted by Gasteiger charge is 1.99. The Balaban J connectivity index is 2.34. The third kappa shape index (κ3) is 4.14. The van der Waals surface area contributed by atoms with Crippen LogP contribution in [-0.2, 0) is 13.0 Å². The lowest BCUT2D eigenvalue weighted by Gasteiger charge is -2.07. The second-order valence-corrected chi connectivity index (χ2v) is 3.45. The molecule has 0 atom stereocenters. The van der Waals surface area contributed by atoms with E-state index in [4.69, 9.17) is 6.42 Å². The van der Waals surface area contributed by atoms with Crippen molar-refractivity contribution in [3.63, 3.8) is 0 Å². The molecule has 0 amide bonds. The van der Waals surface area contributed by atoms with Crippen molar-refractivity contribution in [3.8, 4) is 12.3 Å². The van der Waals surface area contributed by atoms with Crippen LogP contribution < -0.4 is 5.32 Å². The second kappa shape index (κ2) is 7.03. The van der Waals surface area contributed by atoms with Gasteiger partial charge in [-0.25, -0.2) is 0 Å². The van der Waals surface area contributed by atoms with Gasteiger partial charge in [-0.15, -0.1) is 12.3 Å². The fourth-order valence-corrected chi connectivity index (χ4v) is 1.47. The Kier molecular flexibility index (Phi) is 5.50. The van der Waals surface area contributed by atoms with Crippen LogP contribution in [0.1, 0.15) is 31.0 Å². The van der Waals surface area contributed by atoms with Crippen LogP contribution in [0, 0.1) is 12.3 Å². The predicted octanol–water partition coefficient (Wildman–Crippen LogP) is 2.15. The molecule has 80 valence electrons. The molecule has 1 N–H and O–H groups in total. The van der Waals surface area contributed by atoms with E-state index in [-0.39, 0.29) is 0 Å². The fraction of sp³-hybridized carbons (Fsp3) is 0.462. The molecule has 2 nitrogen and oxygen atoms in total. The molecule has 1 rings (SSSR count). The minimum Gasteiger partial charge on any atom is -0.311 e. The molecule has 0 bridgehead atoms. The summed E-state index contributed by atoms with van der Waals surface area (Å²) in [5, 5.41) is 3.35. The number of hydrogen-bond acceptors (Lipinski definition) is 2. The van der Waals surface area contributed by atoms with Gasteiger partial charge in [0, 0.05) is 19.2 Å². The summed E-state index contributed by atoms with van der Waals surface area (Å²) in [6.45, 7) is 3.96. The lowest BCUT2D eigenvalue weighted by Crippen LogP contribution is -2.16. The van der Waals surface area contributed by atoms with Gasteiger partial charge in [0.05, 0.1) is 5.69 Å². The van der Waals surface area contributed by atoms with Gasteiger partial charge in [0.2, 0.25) is 0 Å². The van der Waals surface area contributed by atoms with Gasteiger partial charge in [-0.1, -0.05) is 13.0 Å². The van der Waals surface area contributed by atoms with E-state index in [1.54, 1.807) is 0 Å². The number of terminal acetylenes is 1. The Bertz CT molecular complexity index is 326. The number of unbranched alkanes of at least 4 members (excludes halogenated alkanes) is 1. The zero-order chi connectivity index (χ0) is 10.9. The second-order valence-electron chi connectivity index (χ2n) is 3.45. The zero-order valence-electron chi connectivity index (χ0n) is 9.29. The van der Waals surface area contributed by atoms with Crippen molar-refractivity contribution in [1.29, 1.82) is 0 Å². The van der Waals surface area contributed by atoms with E-state index in [0.29, 0.717) is 0 Å². The quantitative estimate of drug-likeness (QED) is 0.565. The Hall–Kier alpha value is -1.33. The molecule has 1 aromatic heterocycles. The van der Waals surface area contributed by atoms with E-state index in [2.05, 4.69) is 29.2 Å². The first-order chi connectivity index (χ1) is 7.38. The summed E-state index contributed by atoms with van der Waals surface area (Å²) >= 11 is 0. The van der Waals surface area contributed by atoms with Crippen LogP contribution in [0.4, 0.5) is 0 Å². The number of nitrogens with one attached hydrogen (secondary N) is 1. The summed E-state index contributed by atoms with van der Waals surface area (Å²) in [6.07, 6.45) is 9.93. The number of hydrogen-bond donors (Lipinski definition) is 1. The van der Waals surface area contributed by atoms with Gasteiger partial charge in [0.15, 0.2) is 0 Å². The Morgan fingerprint density at radius 2 is 2.40 bits per heavy atom. The van der Waals surface area contributed by atoms with Crippen molar-refractivity contribution in [2.75, 3.05) is 6.54 Å².